The van der Waals surface area contributed by atoms with Crippen LogP contribution in [0.15, 0.2) is 82.6 Å². The number of thiazole rings is 1. The summed E-state index contributed by atoms with van der Waals surface area (Å²) in [7, 11) is 0. The maximum Gasteiger partial charge on any atom is 0.305 e. The van der Waals surface area contributed by atoms with Gasteiger partial charge >= 0.3 is 4.87 Å². The van der Waals surface area contributed by atoms with Crippen molar-refractivity contribution in [1.82, 2.24) is 4.98 Å². The van der Waals surface area contributed by atoms with Crippen molar-refractivity contribution < 1.29 is 28.6 Å². The highest BCUT2D eigenvalue weighted by Crippen LogP contribution is 2.68. The number of phenols is 1. The van der Waals surface area contributed by atoms with Gasteiger partial charge in [-0.25, -0.2) is 4.39 Å². The smallest absolute Gasteiger partial charge is 0.305 e. The zero-order valence-electron chi connectivity index (χ0n) is 23.5. The van der Waals surface area contributed by atoms with E-state index >= 15 is 0 Å². The molecule has 0 radical (unpaired) electrons. The second-order valence-electron chi connectivity index (χ2n) is 11.9. The largest absolute Gasteiger partial charge is 0.508 e. The predicted octanol–water partition coefficient (Wildman–Crippen LogP) is 4.98. The number of H-pyrrole nitrogens is 1. The average Bonchev–Trinajstić information content (AvgIpc) is 3.77. The van der Waals surface area contributed by atoms with E-state index in [9.17, 15) is 28.7 Å². The third kappa shape index (κ3) is 4.57. The number of anilines is 2. The molecule has 3 aromatic carbocycles. The van der Waals surface area contributed by atoms with Gasteiger partial charge in [-0.05, 0) is 90.4 Å². The fourth-order valence-corrected chi connectivity index (χ4v) is 10.8. The number of hydrogen-bond acceptors (Lipinski definition) is 8. The first-order chi connectivity index (χ1) is 21.8. The summed E-state index contributed by atoms with van der Waals surface area (Å²) in [4.78, 5) is 57.7. The Morgan fingerprint density at radius 3 is 2.49 bits per heavy atom. The van der Waals surface area contributed by atoms with Gasteiger partial charge in [-0.1, -0.05) is 23.5 Å². The van der Waals surface area contributed by atoms with E-state index < -0.39 is 17.7 Å². The van der Waals surface area contributed by atoms with Crippen LogP contribution in [0.5, 0.6) is 11.5 Å². The first kappa shape index (κ1) is 28.1. The molecule has 7 atom stereocenters. The number of imide groups is 1. The number of nitrogens with one attached hydrogen (secondary N) is 2. The fraction of sp³-hybridized carbons (Fsp3) is 0.273. The summed E-state index contributed by atoms with van der Waals surface area (Å²) in [6.07, 6.45) is 0.746. The van der Waals surface area contributed by atoms with Crippen molar-refractivity contribution in [2.75, 3.05) is 16.8 Å². The Balaban J connectivity index is 1.08. The molecule has 2 aliphatic carbocycles. The molecule has 4 aliphatic rings. The number of carbonyl (C=O) groups is 3. The second kappa shape index (κ2) is 10.6. The molecule has 3 N–H and O–H groups in total. The lowest BCUT2D eigenvalue weighted by molar-refractivity contribution is -0.123. The molecule has 228 valence electrons. The minimum Gasteiger partial charge on any atom is -0.508 e. The number of aromatic nitrogens is 1. The summed E-state index contributed by atoms with van der Waals surface area (Å²) in [5.74, 6) is -1.93. The lowest BCUT2D eigenvalue weighted by Gasteiger charge is -2.43. The van der Waals surface area contributed by atoms with Crippen molar-refractivity contribution in [3.8, 4) is 11.5 Å². The quantitative estimate of drug-likeness (QED) is 0.200. The topological polar surface area (TPSA) is 129 Å². The van der Waals surface area contributed by atoms with Crippen molar-refractivity contribution in [3.05, 3.63) is 98.7 Å². The number of aromatic hydroxyl groups is 1. The van der Waals surface area contributed by atoms with E-state index in [1.54, 1.807) is 30.0 Å². The van der Waals surface area contributed by atoms with Crippen molar-refractivity contribution >= 4 is 52.2 Å². The predicted molar refractivity (Wildman–Crippen MR) is 166 cm³/mol. The van der Waals surface area contributed by atoms with Crippen molar-refractivity contribution in [2.45, 2.75) is 22.6 Å². The van der Waals surface area contributed by atoms with E-state index in [4.69, 9.17) is 4.74 Å². The number of rotatable bonds is 6. The molecule has 9 nitrogen and oxygen atoms in total. The molecule has 12 heteroatoms. The molecular formula is C33H26FN3O6S2. The van der Waals surface area contributed by atoms with Gasteiger partial charge < -0.3 is 20.1 Å². The van der Waals surface area contributed by atoms with E-state index in [0.29, 0.717) is 17.1 Å². The number of thioether (sulfide) groups is 1. The van der Waals surface area contributed by atoms with Crippen molar-refractivity contribution in [2.24, 2.45) is 29.6 Å². The molecule has 2 aliphatic heterocycles. The summed E-state index contributed by atoms with van der Waals surface area (Å²) in [5.41, 5.74) is 1.83. The number of benzene rings is 3. The van der Waals surface area contributed by atoms with Crippen LogP contribution in [0.2, 0.25) is 0 Å². The van der Waals surface area contributed by atoms with Gasteiger partial charge in [0, 0.05) is 21.7 Å². The molecule has 3 heterocycles. The lowest BCUT2D eigenvalue weighted by Crippen LogP contribution is -2.42. The van der Waals surface area contributed by atoms with Gasteiger partial charge in [0.05, 0.1) is 22.5 Å². The molecule has 0 spiro atoms. The highest BCUT2D eigenvalue weighted by Gasteiger charge is 2.69. The van der Waals surface area contributed by atoms with E-state index in [1.165, 1.54) is 52.6 Å². The van der Waals surface area contributed by atoms with Crippen LogP contribution in [-0.2, 0) is 14.4 Å². The Morgan fingerprint density at radius 1 is 1.00 bits per heavy atom. The van der Waals surface area contributed by atoms with E-state index in [1.807, 2.05) is 18.2 Å². The Labute approximate surface area is 264 Å². The zero-order chi connectivity index (χ0) is 31.0. The summed E-state index contributed by atoms with van der Waals surface area (Å²) >= 11 is 2.77. The Hall–Kier alpha value is -4.42. The molecule has 3 fully saturated rings. The number of phenolic OH excluding ortho intramolecular Hbond substituents is 1. The van der Waals surface area contributed by atoms with E-state index in [0.717, 1.165) is 21.9 Å². The Bertz CT molecular complexity index is 1910. The number of ether oxygens (including phenoxy) is 1. The monoisotopic (exact) mass is 643 g/mol. The molecular weight excluding hydrogens is 618 g/mol. The summed E-state index contributed by atoms with van der Waals surface area (Å²) in [6, 6.07) is 19.1. The van der Waals surface area contributed by atoms with Crippen LogP contribution in [0.25, 0.3) is 0 Å². The maximum atomic E-state index is 13.9. The van der Waals surface area contributed by atoms with Crippen LogP contribution in [0.4, 0.5) is 15.8 Å². The first-order valence-electron chi connectivity index (χ1n) is 14.6. The molecule has 4 aromatic rings. The van der Waals surface area contributed by atoms with Gasteiger partial charge in [0.25, 0.3) is 5.91 Å². The van der Waals surface area contributed by atoms with Crippen LogP contribution in [0.3, 0.4) is 0 Å². The van der Waals surface area contributed by atoms with Gasteiger partial charge in [0.15, 0.2) is 6.61 Å². The van der Waals surface area contributed by atoms with Crippen LogP contribution in [0, 0.1) is 35.4 Å². The minimum absolute atomic E-state index is 0.00170. The number of halogens is 1. The van der Waals surface area contributed by atoms with E-state index in [2.05, 4.69) is 10.3 Å². The minimum atomic E-state index is -0.475. The molecule has 8 rings (SSSR count). The highest BCUT2D eigenvalue weighted by molar-refractivity contribution is 8.00. The Morgan fingerprint density at radius 2 is 1.73 bits per heavy atom. The van der Waals surface area contributed by atoms with Crippen LogP contribution in [0.1, 0.15) is 22.8 Å². The number of amides is 3. The third-order valence-corrected chi connectivity index (χ3v) is 12.1. The highest BCUT2D eigenvalue weighted by atomic mass is 32.2. The third-order valence-electron chi connectivity index (χ3n) is 9.55. The molecule has 45 heavy (non-hydrogen) atoms. The number of fused-ring (bicyclic) bond motifs is 9. The number of aromatic amines is 1. The molecule has 1 aromatic heterocycles. The van der Waals surface area contributed by atoms with Crippen molar-refractivity contribution in [3.63, 3.8) is 0 Å². The Kier molecular flexibility index (Phi) is 6.61. The number of carbonyl (C=O) groups excluding carboxylic acids is 3. The number of nitrogens with zero attached hydrogens (tertiary/aromatic N) is 1. The van der Waals surface area contributed by atoms with Crippen LogP contribution in [-0.4, -0.2) is 39.7 Å². The van der Waals surface area contributed by atoms with Gasteiger partial charge in [0.1, 0.15) is 17.3 Å². The fourth-order valence-electron chi connectivity index (χ4n) is 7.92. The van der Waals surface area contributed by atoms with Crippen LogP contribution >= 0.6 is 23.1 Å². The normalized spacial score (nSPS) is 27.7. The molecule has 2 saturated carbocycles. The van der Waals surface area contributed by atoms with E-state index in [-0.39, 0.29) is 63.9 Å². The number of hydrogen-bond donors (Lipinski definition) is 3. The van der Waals surface area contributed by atoms with Gasteiger partial charge in [-0.15, -0.1) is 11.8 Å². The van der Waals surface area contributed by atoms with Gasteiger partial charge in [-0.2, -0.15) is 0 Å². The lowest BCUT2D eigenvalue weighted by atomic mass is 9.68. The van der Waals surface area contributed by atoms with Crippen molar-refractivity contribution in [1.29, 1.82) is 0 Å². The standard InChI is InChI=1S/C33H26FN3O6S2/c34-16-4-8-18(9-5-16)37-31(40)26-21-13-22(27(26)32(37)41)28-25(21)24(29-30(44-28)36-33(42)45-29)15-2-1-3-20(12-15)43-14-23(39)35-17-6-10-19(38)11-7-17/h1-12,21-22,24-28,38H,13-14H2,(H,35,39)(H,36,42)/t21-,22-,24-,25?,26?,27?,28?/m1/s1. The average molecular weight is 644 g/mol. The van der Waals surface area contributed by atoms with Gasteiger partial charge in [-0.3, -0.25) is 24.1 Å². The molecule has 4 unspecified atom stereocenters. The summed E-state index contributed by atoms with van der Waals surface area (Å²) < 4.78 is 19.5. The molecule has 1 saturated heterocycles. The van der Waals surface area contributed by atoms with Gasteiger partial charge in [0.2, 0.25) is 11.8 Å². The zero-order valence-corrected chi connectivity index (χ0v) is 25.1. The second-order valence-corrected chi connectivity index (χ2v) is 14.1. The maximum absolute atomic E-state index is 13.9. The molecule has 2 bridgehead atoms. The van der Waals surface area contributed by atoms with Crippen LogP contribution < -0.4 is 19.8 Å². The molecule has 3 amide bonds. The SMILES string of the molecule is O=C(COc1cccc([C@H]2c3sc(=O)[nH]c3SC3C2[C@H]2C[C@@H]3C3C(=O)N(c4ccc(F)cc4)C(=O)C32)c1)Nc1ccc(O)cc1. The summed E-state index contributed by atoms with van der Waals surface area (Å²) in [6.45, 7) is -0.232. The summed E-state index contributed by atoms with van der Waals surface area (Å²) in [5, 5.41) is 13.0. The first-order valence-corrected chi connectivity index (χ1v) is 16.3.